The van der Waals surface area contributed by atoms with Crippen molar-refractivity contribution in [3.8, 4) is 0 Å². The van der Waals surface area contributed by atoms with Crippen LogP contribution in [0.3, 0.4) is 0 Å². The van der Waals surface area contributed by atoms with Gasteiger partial charge in [-0.3, -0.25) is 9.59 Å². The van der Waals surface area contributed by atoms with Gasteiger partial charge in [0.15, 0.2) is 0 Å². The Bertz CT molecular complexity index is 697. The van der Waals surface area contributed by atoms with E-state index in [0.29, 0.717) is 21.4 Å². The number of halogens is 2. The van der Waals surface area contributed by atoms with Gasteiger partial charge in [-0.2, -0.15) is 0 Å². The van der Waals surface area contributed by atoms with E-state index in [2.05, 4.69) is 10.6 Å². The molecule has 0 atom stereocenters. The highest BCUT2D eigenvalue weighted by atomic mass is 35.5. The lowest BCUT2D eigenvalue weighted by Gasteiger charge is -2.10. The number of carbonyl (C=O) groups is 2. The van der Waals surface area contributed by atoms with Crippen molar-refractivity contribution in [3.63, 3.8) is 0 Å². The third kappa shape index (κ3) is 4.98. The number of hydrogen-bond acceptors (Lipinski definition) is 2. The zero-order valence-corrected chi connectivity index (χ0v) is 14.3. The summed E-state index contributed by atoms with van der Waals surface area (Å²) in [7, 11) is 0. The molecule has 0 saturated heterocycles. The van der Waals surface area contributed by atoms with Gasteiger partial charge in [0, 0.05) is 21.4 Å². The standard InChI is InChI=1S/C17H16Cl2N2O2/c1-10-3-5-12(18)7-14(10)20-16(22)9-17(23)21-15-8-13(19)6-4-11(15)2/h3-8H,9H2,1-2H3,(H,20,22)(H,21,23). The molecule has 4 nitrogen and oxygen atoms in total. The van der Waals surface area contributed by atoms with Crippen LogP contribution in [0.1, 0.15) is 17.5 Å². The monoisotopic (exact) mass is 350 g/mol. The second kappa shape index (κ2) is 7.49. The van der Waals surface area contributed by atoms with Gasteiger partial charge in [0.25, 0.3) is 0 Å². The number of hydrogen-bond donors (Lipinski definition) is 2. The van der Waals surface area contributed by atoms with E-state index < -0.39 is 11.8 Å². The summed E-state index contributed by atoms with van der Waals surface area (Å²) in [5.41, 5.74) is 2.92. The van der Waals surface area contributed by atoms with E-state index >= 15 is 0 Å². The first kappa shape index (κ1) is 17.3. The minimum absolute atomic E-state index is 0.294. The topological polar surface area (TPSA) is 58.2 Å². The Balaban J connectivity index is 1.98. The molecule has 0 aliphatic carbocycles. The third-order valence-corrected chi connectivity index (χ3v) is 3.74. The fraction of sp³-hybridized carbons (Fsp3) is 0.176. The van der Waals surface area contributed by atoms with E-state index in [-0.39, 0.29) is 6.42 Å². The highest BCUT2D eigenvalue weighted by Gasteiger charge is 2.12. The van der Waals surface area contributed by atoms with Crippen molar-refractivity contribution in [2.24, 2.45) is 0 Å². The van der Waals surface area contributed by atoms with E-state index in [1.165, 1.54) is 0 Å². The van der Waals surface area contributed by atoms with Crippen LogP contribution in [0.15, 0.2) is 36.4 Å². The molecular weight excluding hydrogens is 335 g/mol. The van der Waals surface area contributed by atoms with Gasteiger partial charge in [0.1, 0.15) is 6.42 Å². The van der Waals surface area contributed by atoms with Gasteiger partial charge < -0.3 is 10.6 Å². The summed E-state index contributed by atoms with van der Waals surface area (Å²) < 4.78 is 0. The average Bonchev–Trinajstić information content (AvgIpc) is 2.46. The fourth-order valence-corrected chi connectivity index (χ4v) is 2.34. The van der Waals surface area contributed by atoms with Crippen LogP contribution in [0.4, 0.5) is 11.4 Å². The van der Waals surface area contributed by atoms with Crippen LogP contribution in [0.25, 0.3) is 0 Å². The maximum atomic E-state index is 12.0. The number of rotatable bonds is 4. The molecule has 0 bridgehead atoms. The van der Waals surface area contributed by atoms with E-state index in [1.807, 2.05) is 13.8 Å². The number of amides is 2. The molecule has 23 heavy (non-hydrogen) atoms. The molecule has 0 aliphatic rings. The third-order valence-electron chi connectivity index (χ3n) is 3.27. The van der Waals surface area contributed by atoms with Crippen LogP contribution in [0.5, 0.6) is 0 Å². The Morgan fingerprint density at radius 1 is 0.826 bits per heavy atom. The van der Waals surface area contributed by atoms with Crippen molar-refractivity contribution >= 4 is 46.4 Å². The molecule has 6 heteroatoms. The molecule has 120 valence electrons. The van der Waals surface area contributed by atoms with Gasteiger partial charge in [0.05, 0.1) is 0 Å². The fourth-order valence-electron chi connectivity index (χ4n) is 1.99. The highest BCUT2D eigenvalue weighted by molar-refractivity contribution is 6.31. The number of nitrogens with one attached hydrogen (secondary N) is 2. The van der Waals surface area contributed by atoms with Gasteiger partial charge in [-0.15, -0.1) is 0 Å². The quantitative estimate of drug-likeness (QED) is 0.793. The lowest BCUT2D eigenvalue weighted by atomic mass is 10.2. The molecule has 2 rings (SSSR count). The summed E-state index contributed by atoms with van der Waals surface area (Å²) in [5.74, 6) is -0.819. The molecule has 0 heterocycles. The Kier molecular flexibility index (Phi) is 5.64. The molecule has 0 fully saturated rings. The molecule has 0 saturated carbocycles. The number of carbonyl (C=O) groups excluding carboxylic acids is 2. The van der Waals surface area contributed by atoms with Gasteiger partial charge in [0.2, 0.25) is 11.8 Å². The number of benzene rings is 2. The first-order chi connectivity index (χ1) is 10.8. The highest BCUT2D eigenvalue weighted by Crippen LogP contribution is 2.21. The first-order valence-corrected chi connectivity index (χ1v) is 7.73. The number of aryl methyl sites for hydroxylation is 2. The Morgan fingerprint density at radius 3 is 1.61 bits per heavy atom. The van der Waals surface area contributed by atoms with Crippen molar-refractivity contribution in [1.29, 1.82) is 0 Å². The molecule has 0 aromatic heterocycles. The first-order valence-electron chi connectivity index (χ1n) is 6.97. The molecule has 2 amide bonds. The SMILES string of the molecule is Cc1ccc(Cl)cc1NC(=O)CC(=O)Nc1cc(Cl)ccc1C. The second-order valence-corrected chi connectivity index (χ2v) is 6.06. The number of anilines is 2. The van der Waals surface area contributed by atoms with Crippen molar-refractivity contribution < 1.29 is 9.59 Å². The minimum atomic E-state index is -0.410. The summed E-state index contributed by atoms with van der Waals surface area (Å²) in [6.07, 6.45) is -0.294. The molecule has 0 radical (unpaired) electrons. The minimum Gasteiger partial charge on any atom is -0.325 e. The van der Waals surface area contributed by atoms with Crippen molar-refractivity contribution in [2.75, 3.05) is 10.6 Å². The van der Waals surface area contributed by atoms with Crippen LogP contribution in [0.2, 0.25) is 10.0 Å². The van der Waals surface area contributed by atoms with Crippen LogP contribution in [-0.2, 0) is 9.59 Å². The van der Waals surface area contributed by atoms with Gasteiger partial charge in [-0.05, 0) is 49.2 Å². The zero-order chi connectivity index (χ0) is 17.0. The Morgan fingerprint density at radius 2 is 1.22 bits per heavy atom. The summed E-state index contributed by atoms with van der Waals surface area (Å²) in [5, 5.41) is 6.40. The molecule has 2 aromatic rings. The van der Waals surface area contributed by atoms with E-state index in [1.54, 1.807) is 36.4 Å². The summed E-state index contributed by atoms with van der Waals surface area (Å²) in [6.45, 7) is 3.70. The van der Waals surface area contributed by atoms with Crippen molar-refractivity contribution in [2.45, 2.75) is 20.3 Å². The van der Waals surface area contributed by atoms with E-state index in [4.69, 9.17) is 23.2 Å². The Hall–Kier alpha value is -2.04. The lowest BCUT2D eigenvalue weighted by Crippen LogP contribution is -2.22. The van der Waals surface area contributed by atoms with Crippen LogP contribution in [0, 0.1) is 13.8 Å². The summed E-state index contributed by atoms with van der Waals surface area (Å²) >= 11 is 11.8. The predicted octanol–water partition coefficient (Wildman–Crippen LogP) is 4.58. The summed E-state index contributed by atoms with van der Waals surface area (Å²) in [6, 6.07) is 10.4. The molecule has 2 N–H and O–H groups in total. The normalized spacial score (nSPS) is 10.3. The summed E-state index contributed by atoms with van der Waals surface area (Å²) in [4.78, 5) is 24.0. The van der Waals surface area contributed by atoms with Crippen molar-refractivity contribution in [3.05, 3.63) is 57.6 Å². The largest absolute Gasteiger partial charge is 0.325 e. The van der Waals surface area contributed by atoms with Crippen LogP contribution < -0.4 is 10.6 Å². The Labute approximate surface area is 144 Å². The molecule has 0 spiro atoms. The molecule has 2 aromatic carbocycles. The second-order valence-electron chi connectivity index (χ2n) is 5.19. The van der Waals surface area contributed by atoms with Crippen LogP contribution >= 0.6 is 23.2 Å². The van der Waals surface area contributed by atoms with E-state index in [0.717, 1.165) is 11.1 Å². The maximum Gasteiger partial charge on any atom is 0.233 e. The van der Waals surface area contributed by atoms with Crippen molar-refractivity contribution in [1.82, 2.24) is 0 Å². The zero-order valence-electron chi connectivity index (χ0n) is 12.7. The smallest absolute Gasteiger partial charge is 0.233 e. The maximum absolute atomic E-state index is 12.0. The molecule has 0 unspecified atom stereocenters. The van der Waals surface area contributed by atoms with Gasteiger partial charge in [-0.1, -0.05) is 35.3 Å². The average molecular weight is 351 g/mol. The molecule has 0 aliphatic heterocycles. The van der Waals surface area contributed by atoms with E-state index in [9.17, 15) is 9.59 Å². The van der Waals surface area contributed by atoms with Crippen LogP contribution in [-0.4, -0.2) is 11.8 Å². The van der Waals surface area contributed by atoms with Gasteiger partial charge >= 0.3 is 0 Å². The van der Waals surface area contributed by atoms with Gasteiger partial charge in [-0.25, -0.2) is 0 Å². The lowest BCUT2D eigenvalue weighted by molar-refractivity contribution is -0.123. The predicted molar refractivity (Wildman–Crippen MR) is 94.3 cm³/mol. The molecular formula is C17H16Cl2N2O2.